The van der Waals surface area contributed by atoms with E-state index >= 15 is 0 Å². The quantitative estimate of drug-likeness (QED) is 0.662. The summed E-state index contributed by atoms with van der Waals surface area (Å²) in [6.07, 6.45) is -7.09. The minimum atomic E-state index is -7.28. The maximum absolute atomic E-state index is 13.2. The lowest BCUT2D eigenvalue weighted by molar-refractivity contribution is -0.382. The molecule has 1 unspecified atom stereocenters. The second-order valence-corrected chi connectivity index (χ2v) is 6.73. The van der Waals surface area contributed by atoms with Crippen molar-refractivity contribution >= 4 is 10.0 Å². The first-order chi connectivity index (χ1) is 9.83. The molecule has 140 valence electrons. The monoisotopic (exact) mass is 384 g/mol. The van der Waals surface area contributed by atoms with Crippen LogP contribution >= 0.6 is 0 Å². The number of hydrogen-bond acceptors (Lipinski definition) is 3. The van der Waals surface area contributed by atoms with Gasteiger partial charge in [-0.25, -0.2) is 13.1 Å². The Kier molecular flexibility index (Phi) is 6.07. The van der Waals surface area contributed by atoms with Gasteiger partial charge in [0.25, 0.3) is 10.0 Å². The SMILES string of the molecule is CC(C)C(N)CNS(=O)(=O)C(F)(F)C(F)(F)C(F)(F)C(F)(F)F. The van der Waals surface area contributed by atoms with Crippen molar-refractivity contribution in [3.8, 4) is 0 Å². The molecule has 14 heteroatoms. The number of rotatable bonds is 7. The molecule has 0 aliphatic rings. The molecule has 0 amide bonds. The molecular weight excluding hydrogens is 371 g/mol. The fourth-order valence-electron chi connectivity index (χ4n) is 1.06. The fourth-order valence-corrected chi connectivity index (χ4v) is 2.12. The van der Waals surface area contributed by atoms with Gasteiger partial charge in [0.15, 0.2) is 0 Å². The number of hydrogen-bond donors (Lipinski definition) is 2. The van der Waals surface area contributed by atoms with Crippen molar-refractivity contribution in [1.82, 2.24) is 4.72 Å². The van der Waals surface area contributed by atoms with E-state index in [9.17, 15) is 47.9 Å². The summed E-state index contributed by atoms with van der Waals surface area (Å²) < 4.78 is 136. The smallest absolute Gasteiger partial charge is 0.326 e. The molecule has 0 spiro atoms. The summed E-state index contributed by atoms with van der Waals surface area (Å²) in [7, 11) is -6.58. The molecule has 0 rings (SSSR count). The largest absolute Gasteiger partial charge is 0.460 e. The summed E-state index contributed by atoms with van der Waals surface area (Å²) >= 11 is 0. The van der Waals surface area contributed by atoms with E-state index in [4.69, 9.17) is 5.73 Å². The van der Waals surface area contributed by atoms with Crippen molar-refractivity contribution in [2.75, 3.05) is 6.54 Å². The Hall–Kier alpha value is -0.760. The standard InChI is InChI=1S/C9H13F9N2O2S/c1-4(2)5(19)3-20-23(21,22)9(17,18)7(12,13)6(10,11)8(14,15)16/h4-5,20H,3,19H2,1-2H3. The number of alkyl halides is 9. The molecule has 4 nitrogen and oxygen atoms in total. The molecular formula is C9H13F9N2O2S. The first-order valence-corrected chi connectivity index (χ1v) is 7.26. The van der Waals surface area contributed by atoms with E-state index in [1.165, 1.54) is 13.8 Å². The lowest BCUT2D eigenvalue weighted by Crippen LogP contribution is -2.65. The molecule has 0 aromatic carbocycles. The van der Waals surface area contributed by atoms with E-state index in [-0.39, 0.29) is 0 Å². The predicted molar refractivity (Wildman–Crippen MR) is 60.6 cm³/mol. The van der Waals surface area contributed by atoms with Gasteiger partial charge in [0.05, 0.1) is 0 Å². The van der Waals surface area contributed by atoms with Gasteiger partial charge in [0.1, 0.15) is 0 Å². The normalized spacial score (nSPS) is 16.7. The Bertz CT molecular complexity index is 516. The lowest BCUT2D eigenvalue weighted by atomic mass is 10.1. The molecule has 1 atom stereocenters. The van der Waals surface area contributed by atoms with E-state index < -0.39 is 51.8 Å². The number of nitrogens with two attached hydrogens (primary N) is 1. The van der Waals surface area contributed by atoms with Gasteiger partial charge in [0, 0.05) is 12.6 Å². The van der Waals surface area contributed by atoms with Gasteiger partial charge in [0.2, 0.25) is 0 Å². The summed E-state index contributed by atoms with van der Waals surface area (Å²) in [6.45, 7) is 1.72. The van der Waals surface area contributed by atoms with E-state index in [0.29, 0.717) is 0 Å². The highest BCUT2D eigenvalue weighted by atomic mass is 32.2. The van der Waals surface area contributed by atoms with Crippen LogP contribution in [-0.4, -0.2) is 44.3 Å². The topological polar surface area (TPSA) is 72.2 Å². The van der Waals surface area contributed by atoms with E-state index in [1.54, 1.807) is 0 Å². The molecule has 0 bridgehead atoms. The van der Waals surface area contributed by atoms with Crippen molar-refractivity contribution in [2.45, 2.75) is 43.2 Å². The summed E-state index contributed by atoms with van der Waals surface area (Å²) in [4.78, 5) is 0. The molecule has 0 aliphatic carbocycles. The maximum atomic E-state index is 13.2. The molecule has 0 aromatic heterocycles. The van der Waals surface area contributed by atoms with E-state index in [1.807, 2.05) is 0 Å². The Morgan fingerprint density at radius 2 is 1.30 bits per heavy atom. The average molecular weight is 384 g/mol. The molecule has 0 aromatic rings. The Morgan fingerprint density at radius 3 is 1.61 bits per heavy atom. The minimum Gasteiger partial charge on any atom is -0.326 e. The van der Waals surface area contributed by atoms with E-state index in [2.05, 4.69) is 0 Å². The molecule has 0 aliphatic heterocycles. The number of halogens is 9. The lowest BCUT2D eigenvalue weighted by Gasteiger charge is -2.33. The zero-order chi connectivity index (χ0) is 19.1. The van der Waals surface area contributed by atoms with Crippen LogP contribution < -0.4 is 10.5 Å². The minimum absolute atomic E-state index is 0.525. The molecule has 23 heavy (non-hydrogen) atoms. The van der Waals surface area contributed by atoms with Crippen LogP contribution in [0.5, 0.6) is 0 Å². The van der Waals surface area contributed by atoms with Crippen LogP contribution in [0.1, 0.15) is 13.8 Å². The van der Waals surface area contributed by atoms with E-state index in [0.717, 1.165) is 4.72 Å². The van der Waals surface area contributed by atoms with Gasteiger partial charge in [-0.1, -0.05) is 13.8 Å². The van der Waals surface area contributed by atoms with Crippen molar-refractivity contribution in [3.05, 3.63) is 0 Å². The maximum Gasteiger partial charge on any atom is 0.460 e. The van der Waals surface area contributed by atoms with Crippen LogP contribution in [0.3, 0.4) is 0 Å². The van der Waals surface area contributed by atoms with Crippen LogP contribution in [0.2, 0.25) is 0 Å². The highest BCUT2D eigenvalue weighted by Crippen LogP contribution is 2.54. The first-order valence-electron chi connectivity index (χ1n) is 5.78. The highest BCUT2D eigenvalue weighted by Gasteiger charge is 2.85. The fraction of sp³-hybridized carbons (Fsp3) is 1.00. The van der Waals surface area contributed by atoms with Gasteiger partial charge < -0.3 is 5.73 Å². The van der Waals surface area contributed by atoms with Crippen LogP contribution in [0, 0.1) is 5.92 Å². The van der Waals surface area contributed by atoms with Gasteiger partial charge in [-0.15, -0.1) is 0 Å². The summed E-state index contributed by atoms with van der Waals surface area (Å²) in [6, 6.07) is -1.17. The Morgan fingerprint density at radius 1 is 0.913 bits per heavy atom. The second kappa shape index (κ2) is 6.27. The molecule has 0 saturated carbocycles. The Balaban J connectivity index is 5.69. The third-order valence-corrected chi connectivity index (χ3v) is 4.30. The van der Waals surface area contributed by atoms with Crippen LogP contribution in [0.25, 0.3) is 0 Å². The van der Waals surface area contributed by atoms with Gasteiger partial charge in [-0.2, -0.15) is 39.5 Å². The highest BCUT2D eigenvalue weighted by molar-refractivity contribution is 7.90. The van der Waals surface area contributed by atoms with Crippen LogP contribution in [0.4, 0.5) is 39.5 Å². The summed E-state index contributed by atoms with van der Waals surface area (Å²) in [5, 5.41) is -6.74. The Labute approximate surface area is 125 Å². The van der Waals surface area contributed by atoms with Gasteiger partial charge >= 0.3 is 23.3 Å². The molecule has 0 saturated heterocycles. The predicted octanol–water partition coefficient (Wildman–Crippen LogP) is 2.31. The van der Waals surface area contributed by atoms with Crippen molar-refractivity contribution < 1.29 is 47.9 Å². The van der Waals surface area contributed by atoms with Crippen molar-refractivity contribution in [1.29, 1.82) is 0 Å². The zero-order valence-electron chi connectivity index (χ0n) is 11.6. The second-order valence-electron chi connectivity index (χ2n) is 4.92. The number of sulfonamides is 1. The van der Waals surface area contributed by atoms with Gasteiger partial charge in [-0.05, 0) is 5.92 Å². The zero-order valence-corrected chi connectivity index (χ0v) is 12.4. The summed E-state index contributed by atoms with van der Waals surface area (Å²) in [5.74, 6) is -15.0. The summed E-state index contributed by atoms with van der Waals surface area (Å²) in [5.41, 5.74) is 5.24. The average Bonchev–Trinajstić information content (AvgIpc) is 2.33. The first kappa shape index (κ1) is 22.2. The number of nitrogens with one attached hydrogen (secondary N) is 1. The molecule has 0 radical (unpaired) electrons. The third-order valence-electron chi connectivity index (χ3n) is 2.82. The van der Waals surface area contributed by atoms with Crippen LogP contribution in [-0.2, 0) is 10.0 Å². The molecule has 0 heterocycles. The third kappa shape index (κ3) is 3.84. The van der Waals surface area contributed by atoms with Crippen molar-refractivity contribution in [3.63, 3.8) is 0 Å². The van der Waals surface area contributed by atoms with Crippen LogP contribution in [0.15, 0.2) is 0 Å². The molecule has 3 N–H and O–H groups in total. The van der Waals surface area contributed by atoms with Crippen molar-refractivity contribution in [2.24, 2.45) is 11.7 Å². The molecule has 0 fully saturated rings. The van der Waals surface area contributed by atoms with Gasteiger partial charge in [-0.3, -0.25) is 0 Å².